The molecule has 7 heavy (non-hydrogen) atoms. The fourth-order valence-corrected chi connectivity index (χ4v) is 0.255. The number of nitrogens with zero attached hydrogens (tertiary/aromatic N) is 6. The van der Waals surface area contributed by atoms with Crippen LogP contribution in [0, 0.1) is 0 Å². The van der Waals surface area contributed by atoms with E-state index in [1.807, 2.05) is 0 Å². The van der Waals surface area contributed by atoms with Crippen molar-refractivity contribution in [2.24, 2.45) is 9.56 Å². The van der Waals surface area contributed by atoms with E-state index in [9.17, 15) is 0 Å². The summed E-state index contributed by atoms with van der Waals surface area (Å²) in [5.41, 5.74) is 15.2. The van der Waals surface area contributed by atoms with E-state index in [0.29, 0.717) is 0 Å². The highest BCUT2D eigenvalue weighted by atomic mass is 28.2. The predicted octanol–water partition coefficient (Wildman–Crippen LogP) is 0.606. The van der Waals surface area contributed by atoms with E-state index in [1.54, 1.807) is 0 Å². The van der Waals surface area contributed by atoms with Gasteiger partial charge in [0.25, 0.3) is 0 Å². The summed E-state index contributed by atoms with van der Waals surface area (Å²) in [5.74, 6) is 0. The van der Waals surface area contributed by atoms with Gasteiger partial charge >= 0.3 is 0 Å². The van der Waals surface area contributed by atoms with Crippen molar-refractivity contribution in [1.29, 1.82) is 0 Å². The molecule has 0 unspecified atom stereocenters. The molecule has 6 nitrogen and oxygen atoms in total. The van der Waals surface area contributed by atoms with Crippen LogP contribution in [-0.2, 0) is 0 Å². The molecule has 0 aromatic carbocycles. The summed E-state index contributed by atoms with van der Waals surface area (Å²) in [6, 6.07) is 0. The summed E-state index contributed by atoms with van der Waals surface area (Å²) < 4.78 is 6.12. The summed E-state index contributed by atoms with van der Waals surface area (Å²) in [4.78, 5) is 4.79. The third kappa shape index (κ3) is 4.84. The first-order valence-electron chi connectivity index (χ1n) is 1.43. The van der Waals surface area contributed by atoms with Crippen LogP contribution in [0.3, 0.4) is 0 Å². The van der Waals surface area contributed by atoms with Gasteiger partial charge in [-0.2, -0.15) is 0 Å². The molecule has 0 aliphatic rings. The molecule has 0 saturated carbocycles. The van der Waals surface area contributed by atoms with Gasteiger partial charge in [-0.05, 0) is 20.9 Å². The molecule has 0 bridgehead atoms. The Morgan fingerprint density at radius 3 is 1.86 bits per heavy atom. The molecule has 0 N–H and O–H groups in total. The highest BCUT2D eigenvalue weighted by molar-refractivity contribution is 6.30. The molecule has 0 aliphatic heterocycles. The minimum atomic E-state index is -1.17. The van der Waals surface area contributed by atoms with Crippen molar-refractivity contribution in [2.75, 3.05) is 0 Å². The maximum Gasteiger partial charge on any atom is 0.224 e. The molecular formula is H2N6Si. The zero-order valence-electron chi connectivity index (χ0n) is 3.39. The van der Waals surface area contributed by atoms with Crippen LogP contribution in [0.25, 0.3) is 20.9 Å². The summed E-state index contributed by atoms with van der Waals surface area (Å²) in [6.07, 6.45) is 0. The zero-order valence-corrected chi connectivity index (χ0v) is 4.80. The van der Waals surface area contributed by atoms with E-state index >= 15 is 0 Å². The van der Waals surface area contributed by atoms with Crippen LogP contribution in [0.5, 0.6) is 0 Å². The molecule has 0 heterocycles. The molecule has 7 heteroatoms. The first kappa shape index (κ1) is 5.84. The average molecular weight is 114 g/mol. The summed E-state index contributed by atoms with van der Waals surface area (Å²) >= 11 is 0. The minimum Gasteiger partial charge on any atom is -0.125 e. The van der Waals surface area contributed by atoms with Gasteiger partial charge in [0.1, 0.15) is 0 Å². The fraction of sp³-hybridized carbons (Fsp3) is 0. The molecular weight excluding hydrogens is 112 g/mol. The van der Waals surface area contributed by atoms with Gasteiger partial charge < -0.3 is 0 Å². The highest BCUT2D eigenvalue weighted by Gasteiger charge is 1.65. The molecule has 0 fully saturated rings. The molecule has 0 aromatic rings. The number of hydrogen-bond donors (Lipinski definition) is 0. The van der Waals surface area contributed by atoms with Crippen LogP contribution in [0.4, 0.5) is 0 Å². The number of hydrogen-bond acceptors (Lipinski definition) is 2. The van der Waals surface area contributed by atoms with Gasteiger partial charge in [-0.25, -0.2) is 0 Å². The summed E-state index contributed by atoms with van der Waals surface area (Å²) in [7, 11) is -1.17. The van der Waals surface area contributed by atoms with Gasteiger partial charge in [-0.1, -0.05) is 0 Å². The van der Waals surface area contributed by atoms with Crippen LogP contribution in [0.15, 0.2) is 9.56 Å². The molecule has 36 valence electrons. The van der Waals surface area contributed by atoms with Crippen molar-refractivity contribution in [3.63, 3.8) is 0 Å². The van der Waals surface area contributed by atoms with E-state index in [0.717, 1.165) is 0 Å². The van der Waals surface area contributed by atoms with Gasteiger partial charge in [0.2, 0.25) is 9.84 Å². The Kier molecular flexibility index (Phi) is 4.03. The van der Waals surface area contributed by atoms with Gasteiger partial charge in [0.05, 0.1) is 0 Å². The minimum absolute atomic E-state index is 1.17. The van der Waals surface area contributed by atoms with Crippen molar-refractivity contribution in [1.82, 2.24) is 0 Å². The lowest BCUT2D eigenvalue weighted by Gasteiger charge is -1.61. The largest absolute Gasteiger partial charge is 0.224 e. The summed E-state index contributed by atoms with van der Waals surface area (Å²) in [6.45, 7) is 0. The molecule has 0 radical (unpaired) electrons. The van der Waals surface area contributed by atoms with Gasteiger partial charge in [-0.15, -0.1) is 9.56 Å². The Bertz CT molecular complexity index is 107. The maximum absolute atomic E-state index is 7.60. The molecule has 0 aliphatic carbocycles. The lowest BCUT2D eigenvalue weighted by atomic mass is 13.0. The van der Waals surface area contributed by atoms with Crippen molar-refractivity contribution in [2.45, 2.75) is 0 Å². The van der Waals surface area contributed by atoms with Crippen LogP contribution in [0.2, 0.25) is 0 Å². The molecule has 0 amide bonds. The maximum atomic E-state index is 7.60. The summed E-state index contributed by atoms with van der Waals surface area (Å²) in [5, 5.41) is 0. The van der Waals surface area contributed by atoms with Gasteiger partial charge in [0, 0.05) is 0 Å². The Balaban J connectivity index is 3.33. The van der Waals surface area contributed by atoms with Crippen molar-refractivity contribution in [3.8, 4) is 0 Å². The Labute approximate surface area is 41.4 Å². The Morgan fingerprint density at radius 1 is 1.14 bits per heavy atom. The third-order valence-electron chi connectivity index (χ3n) is 0.253. The highest BCUT2D eigenvalue weighted by Crippen LogP contribution is 1.66. The lowest BCUT2D eigenvalue weighted by molar-refractivity contribution is 1.61. The van der Waals surface area contributed by atoms with Gasteiger partial charge in [0.15, 0.2) is 0 Å². The quantitative estimate of drug-likeness (QED) is 0.217. The van der Waals surface area contributed by atoms with Crippen molar-refractivity contribution in [3.05, 3.63) is 20.9 Å². The normalized spacial score (nSPS) is 7.43. The molecule has 0 spiro atoms. The topological polar surface area (TPSA) is 97.5 Å². The fourth-order valence-electron chi connectivity index (χ4n) is 0.0849. The smallest absolute Gasteiger partial charge is 0.125 e. The van der Waals surface area contributed by atoms with Crippen molar-refractivity contribution < 1.29 is 0 Å². The van der Waals surface area contributed by atoms with E-state index in [4.69, 9.17) is 11.1 Å². The molecule has 0 rings (SSSR count). The van der Waals surface area contributed by atoms with E-state index in [-0.39, 0.29) is 0 Å². The second-order valence-electron chi connectivity index (χ2n) is 0.603. The van der Waals surface area contributed by atoms with Crippen LogP contribution in [-0.4, -0.2) is 9.84 Å². The molecule has 0 saturated heterocycles. The standard InChI is InChI=1S/H2N6Si/c1-3-5-7-6-4-2/h7H2. The third-order valence-corrected chi connectivity index (χ3v) is 0.759. The first-order chi connectivity index (χ1) is 3.41. The number of azide groups is 1. The first-order valence-corrected chi connectivity index (χ1v) is 2.70. The van der Waals surface area contributed by atoms with Crippen molar-refractivity contribution >= 4 is 9.84 Å². The average Bonchev–Trinajstić information content (AvgIpc) is 1.69. The van der Waals surface area contributed by atoms with Crippen LogP contribution >= 0.6 is 0 Å². The van der Waals surface area contributed by atoms with Crippen LogP contribution in [0.1, 0.15) is 0 Å². The van der Waals surface area contributed by atoms with Crippen LogP contribution < -0.4 is 0 Å². The lowest BCUT2D eigenvalue weighted by Crippen LogP contribution is -1.67. The monoisotopic (exact) mass is 114 g/mol. The Morgan fingerprint density at radius 2 is 1.57 bits per heavy atom. The predicted molar refractivity (Wildman–Crippen MR) is 26.8 cm³/mol. The van der Waals surface area contributed by atoms with Gasteiger partial charge in [-0.3, -0.25) is 0 Å². The van der Waals surface area contributed by atoms with E-state index < -0.39 is 9.84 Å². The SMILES string of the molecule is [N-]=[N+]=N[SiH2]N=[N+]=[N-]. The number of rotatable bonds is 2. The Hall–Kier alpha value is -1.16. The zero-order chi connectivity index (χ0) is 5.54. The second-order valence-corrected chi connectivity index (χ2v) is 1.45. The molecule has 0 atom stereocenters. The second kappa shape index (κ2) is 4.84. The molecule has 0 aromatic heterocycles. The van der Waals surface area contributed by atoms with E-state index in [2.05, 4.69) is 19.4 Å². The van der Waals surface area contributed by atoms with E-state index in [1.165, 1.54) is 0 Å².